The SMILES string of the molecule is O=C(O)Cc1ccc2c(c1)ncn2C1CC1. The van der Waals surface area contributed by atoms with Crippen LogP contribution in [0.15, 0.2) is 24.5 Å². The van der Waals surface area contributed by atoms with Crippen LogP contribution in [-0.2, 0) is 11.2 Å². The molecule has 4 heteroatoms. The van der Waals surface area contributed by atoms with Gasteiger partial charge in [0.1, 0.15) is 0 Å². The van der Waals surface area contributed by atoms with Crippen molar-refractivity contribution in [3.05, 3.63) is 30.1 Å². The summed E-state index contributed by atoms with van der Waals surface area (Å²) < 4.78 is 2.18. The molecule has 1 aliphatic carbocycles. The summed E-state index contributed by atoms with van der Waals surface area (Å²) in [5.74, 6) is -0.805. The molecule has 1 saturated carbocycles. The maximum absolute atomic E-state index is 10.6. The molecule has 1 fully saturated rings. The highest BCUT2D eigenvalue weighted by molar-refractivity contribution is 5.78. The predicted octanol–water partition coefficient (Wildman–Crippen LogP) is 2.00. The molecule has 82 valence electrons. The fourth-order valence-corrected chi connectivity index (χ4v) is 2.01. The number of fused-ring (bicyclic) bond motifs is 1. The van der Waals surface area contributed by atoms with Gasteiger partial charge in [0.05, 0.1) is 23.8 Å². The number of aliphatic carboxylic acids is 1. The van der Waals surface area contributed by atoms with E-state index in [1.54, 1.807) is 0 Å². The minimum atomic E-state index is -0.805. The van der Waals surface area contributed by atoms with Crippen molar-refractivity contribution < 1.29 is 9.90 Å². The van der Waals surface area contributed by atoms with Crippen molar-refractivity contribution >= 4 is 17.0 Å². The van der Waals surface area contributed by atoms with Gasteiger partial charge in [0.25, 0.3) is 0 Å². The fraction of sp³-hybridized carbons (Fsp3) is 0.333. The lowest BCUT2D eigenvalue weighted by atomic mass is 10.1. The molecule has 1 aliphatic rings. The molecule has 0 amide bonds. The number of carboxylic acids is 1. The van der Waals surface area contributed by atoms with Gasteiger partial charge in [0.15, 0.2) is 0 Å². The molecule has 3 rings (SSSR count). The Labute approximate surface area is 92.5 Å². The molecule has 1 aromatic heterocycles. The standard InChI is InChI=1S/C12H12N2O2/c15-12(16)6-8-1-4-11-10(5-8)13-7-14(11)9-2-3-9/h1,4-5,7,9H,2-3,6H2,(H,15,16). The molecule has 1 aromatic carbocycles. The molecule has 0 unspecified atom stereocenters. The molecule has 0 bridgehead atoms. The topological polar surface area (TPSA) is 55.1 Å². The summed E-state index contributed by atoms with van der Waals surface area (Å²) in [4.78, 5) is 14.9. The van der Waals surface area contributed by atoms with Crippen LogP contribution in [0.5, 0.6) is 0 Å². The Balaban J connectivity index is 2.02. The van der Waals surface area contributed by atoms with Crippen LogP contribution in [0.4, 0.5) is 0 Å². The molecule has 0 radical (unpaired) electrons. The van der Waals surface area contributed by atoms with Crippen LogP contribution in [0.2, 0.25) is 0 Å². The maximum atomic E-state index is 10.6. The number of nitrogens with zero attached hydrogens (tertiary/aromatic N) is 2. The number of aromatic nitrogens is 2. The van der Waals surface area contributed by atoms with E-state index in [1.807, 2.05) is 24.5 Å². The molecule has 0 aliphatic heterocycles. The maximum Gasteiger partial charge on any atom is 0.307 e. The lowest BCUT2D eigenvalue weighted by molar-refractivity contribution is -0.136. The molecule has 0 saturated heterocycles. The van der Waals surface area contributed by atoms with E-state index in [9.17, 15) is 4.79 Å². The molecular weight excluding hydrogens is 204 g/mol. The third-order valence-corrected chi connectivity index (χ3v) is 2.93. The Morgan fingerprint density at radius 3 is 3.00 bits per heavy atom. The number of hydrogen-bond donors (Lipinski definition) is 1. The van der Waals surface area contributed by atoms with Crippen LogP contribution < -0.4 is 0 Å². The quantitative estimate of drug-likeness (QED) is 0.853. The molecule has 1 heterocycles. The number of rotatable bonds is 3. The van der Waals surface area contributed by atoms with Crippen LogP contribution in [0.3, 0.4) is 0 Å². The second kappa shape index (κ2) is 3.33. The largest absolute Gasteiger partial charge is 0.481 e. The van der Waals surface area contributed by atoms with Gasteiger partial charge in [-0.15, -0.1) is 0 Å². The Bertz CT molecular complexity index is 555. The van der Waals surface area contributed by atoms with Gasteiger partial charge in [-0.05, 0) is 30.5 Å². The van der Waals surface area contributed by atoms with E-state index in [1.165, 1.54) is 12.8 Å². The summed E-state index contributed by atoms with van der Waals surface area (Å²) in [5, 5.41) is 8.72. The first-order valence-electron chi connectivity index (χ1n) is 5.41. The minimum Gasteiger partial charge on any atom is -0.481 e. The van der Waals surface area contributed by atoms with Crippen molar-refractivity contribution in [2.75, 3.05) is 0 Å². The van der Waals surface area contributed by atoms with Crippen molar-refractivity contribution in [3.8, 4) is 0 Å². The normalized spacial score (nSPS) is 15.5. The van der Waals surface area contributed by atoms with Gasteiger partial charge in [-0.25, -0.2) is 4.98 Å². The van der Waals surface area contributed by atoms with E-state index in [-0.39, 0.29) is 6.42 Å². The van der Waals surface area contributed by atoms with E-state index >= 15 is 0 Å². The molecule has 0 atom stereocenters. The summed E-state index contributed by atoms with van der Waals surface area (Å²) in [6.07, 6.45) is 4.36. The molecular formula is C12H12N2O2. The first-order chi connectivity index (χ1) is 7.74. The van der Waals surface area contributed by atoms with Gasteiger partial charge in [0, 0.05) is 6.04 Å². The van der Waals surface area contributed by atoms with E-state index in [2.05, 4.69) is 9.55 Å². The second-order valence-corrected chi connectivity index (χ2v) is 4.28. The number of carbonyl (C=O) groups is 1. The second-order valence-electron chi connectivity index (χ2n) is 4.28. The van der Waals surface area contributed by atoms with Crippen LogP contribution in [0, 0.1) is 0 Å². The minimum absolute atomic E-state index is 0.0617. The van der Waals surface area contributed by atoms with E-state index in [0.29, 0.717) is 6.04 Å². The van der Waals surface area contributed by atoms with E-state index in [0.717, 1.165) is 16.6 Å². The highest BCUT2D eigenvalue weighted by atomic mass is 16.4. The Morgan fingerprint density at radius 1 is 1.50 bits per heavy atom. The van der Waals surface area contributed by atoms with Crippen LogP contribution in [0.25, 0.3) is 11.0 Å². The van der Waals surface area contributed by atoms with Crippen molar-refractivity contribution in [3.63, 3.8) is 0 Å². The van der Waals surface area contributed by atoms with Gasteiger partial charge in [-0.1, -0.05) is 6.07 Å². The molecule has 2 aromatic rings. The number of imidazole rings is 1. The van der Waals surface area contributed by atoms with Gasteiger partial charge in [0.2, 0.25) is 0 Å². The summed E-state index contributed by atoms with van der Waals surface area (Å²) in [6.45, 7) is 0. The van der Waals surface area contributed by atoms with Crippen molar-refractivity contribution in [1.82, 2.24) is 9.55 Å². The monoisotopic (exact) mass is 216 g/mol. The summed E-state index contributed by atoms with van der Waals surface area (Å²) in [7, 11) is 0. The fourth-order valence-electron chi connectivity index (χ4n) is 2.01. The van der Waals surface area contributed by atoms with Crippen LogP contribution in [0.1, 0.15) is 24.4 Å². The zero-order valence-corrected chi connectivity index (χ0v) is 8.76. The first kappa shape index (κ1) is 9.39. The van der Waals surface area contributed by atoms with Crippen molar-refractivity contribution in [2.24, 2.45) is 0 Å². The molecule has 0 spiro atoms. The number of benzene rings is 1. The lowest BCUT2D eigenvalue weighted by Crippen LogP contribution is -1.99. The van der Waals surface area contributed by atoms with Crippen LogP contribution >= 0.6 is 0 Å². The smallest absolute Gasteiger partial charge is 0.307 e. The van der Waals surface area contributed by atoms with Crippen LogP contribution in [-0.4, -0.2) is 20.6 Å². The van der Waals surface area contributed by atoms with Gasteiger partial charge in [-0.3, -0.25) is 4.79 Å². The summed E-state index contributed by atoms with van der Waals surface area (Å²) in [5.41, 5.74) is 2.81. The molecule has 4 nitrogen and oxygen atoms in total. The lowest BCUT2D eigenvalue weighted by Gasteiger charge is -2.01. The van der Waals surface area contributed by atoms with Gasteiger partial charge >= 0.3 is 5.97 Å². The third-order valence-electron chi connectivity index (χ3n) is 2.93. The zero-order valence-electron chi connectivity index (χ0n) is 8.76. The highest BCUT2D eigenvalue weighted by Gasteiger charge is 2.24. The Hall–Kier alpha value is -1.84. The number of hydrogen-bond acceptors (Lipinski definition) is 2. The number of carboxylic acid groups (broad SMARTS) is 1. The average Bonchev–Trinajstić information content (AvgIpc) is 2.98. The van der Waals surface area contributed by atoms with E-state index in [4.69, 9.17) is 5.11 Å². The summed E-state index contributed by atoms with van der Waals surface area (Å²) in [6, 6.07) is 6.31. The predicted molar refractivity (Wildman–Crippen MR) is 59.3 cm³/mol. The molecule has 16 heavy (non-hydrogen) atoms. The van der Waals surface area contributed by atoms with Gasteiger partial charge in [-0.2, -0.15) is 0 Å². The molecule has 1 N–H and O–H groups in total. The first-order valence-corrected chi connectivity index (χ1v) is 5.41. The Kier molecular flexibility index (Phi) is 1.96. The van der Waals surface area contributed by atoms with Gasteiger partial charge < -0.3 is 9.67 Å². The third kappa shape index (κ3) is 1.56. The van der Waals surface area contributed by atoms with E-state index < -0.39 is 5.97 Å². The Morgan fingerprint density at radius 2 is 2.31 bits per heavy atom. The van der Waals surface area contributed by atoms with Crippen molar-refractivity contribution in [1.29, 1.82) is 0 Å². The highest BCUT2D eigenvalue weighted by Crippen LogP contribution is 2.37. The average molecular weight is 216 g/mol. The van der Waals surface area contributed by atoms with Crippen molar-refractivity contribution in [2.45, 2.75) is 25.3 Å². The zero-order chi connectivity index (χ0) is 11.1. The summed E-state index contributed by atoms with van der Waals surface area (Å²) >= 11 is 0.